The summed E-state index contributed by atoms with van der Waals surface area (Å²) >= 11 is 0. The van der Waals surface area contributed by atoms with E-state index in [0.717, 1.165) is 17.7 Å². The number of carbonyl (C=O) groups excluding carboxylic acids is 2. The quantitative estimate of drug-likeness (QED) is 0.434. The molecule has 0 bridgehead atoms. The summed E-state index contributed by atoms with van der Waals surface area (Å²) in [7, 11) is 0. The van der Waals surface area contributed by atoms with Gasteiger partial charge < -0.3 is 19.5 Å². The summed E-state index contributed by atoms with van der Waals surface area (Å²) in [5.74, 6) is 0.364. The van der Waals surface area contributed by atoms with Crippen LogP contribution in [0.15, 0.2) is 18.2 Å². The van der Waals surface area contributed by atoms with Gasteiger partial charge in [0.1, 0.15) is 17.6 Å². The Kier molecular flexibility index (Phi) is 7.03. The van der Waals surface area contributed by atoms with Crippen molar-refractivity contribution >= 4 is 18.0 Å². The van der Waals surface area contributed by atoms with Crippen molar-refractivity contribution < 1.29 is 23.8 Å². The molecule has 0 fully saturated rings. The smallest absolute Gasteiger partial charge is 0.331 e. The molecule has 1 aromatic rings. The third-order valence-corrected chi connectivity index (χ3v) is 3.63. The van der Waals surface area contributed by atoms with E-state index in [1.807, 2.05) is 32.0 Å². The number of benzene rings is 1. The molecule has 1 atom stereocenters. The van der Waals surface area contributed by atoms with Gasteiger partial charge in [0.2, 0.25) is 0 Å². The van der Waals surface area contributed by atoms with Gasteiger partial charge in [0.25, 0.3) is 5.91 Å². The Morgan fingerprint density at radius 3 is 3.00 bits per heavy atom. The normalized spacial score (nSPS) is 15.0. The van der Waals surface area contributed by atoms with Gasteiger partial charge in [-0.1, -0.05) is 0 Å². The minimum Gasteiger partial charge on any atom is -0.493 e. The number of fused-ring (bicyclic) bond motifs is 1. The lowest BCUT2D eigenvalue weighted by Gasteiger charge is -2.10. The third kappa shape index (κ3) is 5.52. The minimum absolute atomic E-state index is 0.114. The highest BCUT2D eigenvalue weighted by Gasteiger charge is 2.21. The molecule has 0 saturated carbocycles. The molecule has 1 aliphatic heterocycles. The molecule has 2 rings (SSSR count). The molecule has 0 unspecified atom stereocenters. The fourth-order valence-electron chi connectivity index (χ4n) is 2.52. The second kappa shape index (κ2) is 9.47. The van der Waals surface area contributed by atoms with Gasteiger partial charge in [-0.25, -0.2) is 4.79 Å². The molecule has 1 amide bonds. The molecule has 0 aliphatic carbocycles. The highest BCUT2D eigenvalue weighted by atomic mass is 16.5. The van der Waals surface area contributed by atoms with E-state index in [0.29, 0.717) is 17.9 Å². The second-order valence-corrected chi connectivity index (χ2v) is 5.76. The number of nitrogens with zero attached hydrogens (tertiary/aromatic N) is 1. The number of esters is 1. The van der Waals surface area contributed by atoms with Crippen LogP contribution in [0.4, 0.5) is 0 Å². The van der Waals surface area contributed by atoms with E-state index < -0.39 is 18.5 Å². The summed E-state index contributed by atoms with van der Waals surface area (Å²) in [4.78, 5) is 23.2. The van der Waals surface area contributed by atoms with Crippen LogP contribution in [0.5, 0.6) is 11.5 Å². The topological polar surface area (TPSA) is 97.6 Å². The molecule has 0 aromatic heterocycles. The Labute approximate surface area is 152 Å². The zero-order valence-corrected chi connectivity index (χ0v) is 14.9. The molecule has 1 heterocycles. The molecule has 0 saturated heterocycles. The number of nitrogens with one attached hydrogen (secondary N) is 1. The van der Waals surface area contributed by atoms with Gasteiger partial charge in [-0.3, -0.25) is 4.79 Å². The Morgan fingerprint density at radius 1 is 1.46 bits per heavy atom. The van der Waals surface area contributed by atoms with Crippen molar-refractivity contribution in [3.63, 3.8) is 0 Å². The highest BCUT2D eigenvalue weighted by molar-refractivity contribution is 5.89. The Balaban J connectivity index is 1.96. The largest absolute Gasteiger partial charge is 0.493 e. The first-order chi connectivity index (χ1) is 12.5. The number of carbonyl (C=O) groups is 2. The van der Waals surface area contributed by atoms with Crippen molar-refractivity contribution in [3.05, 3.63) is 29.3 Å². The molecule has 0 spiro atoms. The van der Waals surface area contributed by atoms with Crippen LogP contribution in [-0.4, -0.2) is 37.7 Å². The van der Waals surface area contributed by atoms with Crippen LogP contribution < -0.4 is 14.8 Å². The maximum atomic E-state index is 11.8. The van der Waals surface area contributed by atoms with Crippen LogP contribution in [-0.2, 0) is 20.7 Å². The fraction of sp³-hybridized carbons (Fsp3) is 0.421. The fourth-order valence-corrected chi connectivity index (χ4v) is 2.52. The number of nitriles is 1. The summed E-state index contributed by atoms with van der Waals surface area (Å²) < 4.78 is 16.2. The van der Waals surface area contributed by atoms with Crippen LogP contribution >= 0.6 is 0 Å². The molecule has 0 radical (unpaired) electrons. The lowest BCUT2D eigenvalue weighted by molar-refractivity contribution is -0.143. The maximum Gasteiger partial charge on any atom is 0.331 e. The van der Waals surface area contributed by atoms with Crippen LogP contribution in [0, 0.1) is 11.3 Å². The van der Waals surface area contributed by atoms with E-state index in [9.17, 15) is 9.59 Å². The minimum atomic E-state index is -0.641. The Hall–Kier alpha value is -3.01. The SMILES string of the molecule is CCOc1cc2c(cc1/C=C/C(=O)OCC(=O)NCCC#N)O[C@H](C)C2. The van der Waals surface area contributed by atoms with Crippen molar-refractivity contribution in [2.24, 2.45) is 0 Å². The average Bonchev–Trinajstić information content (AvgIpc) is 2.97. The van der Waals surface area contributed by atoms with E-state index in [1.54, 1.807) is 6.08 Å². The van der Waals surface area contributed by atoms with Gasteiger partial charge in [0.15, 0.2) is 6.61 Å². The van der Waals surface area contributed by atoms with E-state index in [1.165, 1.54) is 6.08 Å². The van der Waals surface area contributed by atoms with Crippen molar-refractivity contribution in [2.45, 2.75) is 32.8 Å². The maximum absolute atomic E-state index is 11.8. The van der Waals surface area contributed by atoms with Crippen LogP contribution in [0.3, 0.4) is 0 Å². The molecule has 7 heteroatoms. The molecule has 1 aromatic carbocycles. The lowest BCUT2D eigenvalue weighted by Crippen LogP contribution is -2.29. The van der Waals surface area contributed by atoms with Gasteiger partial charge in [0.05, 0.1) is 19.1 Å². The van der Waals surface area contributed by atoms with Crippen molar-refractivity contribution in [2.75, 3.05) is 19.8 Å². The summed E-state index contributed by atoms with van der Waals surface area (Å²) in [5.41, 5.74) is 1.78. The van der Waals surface area contributed by atoms with Crippen molar-refractivity contribution in [3.8, 4) is 17.6 Å². The van der Waals surface area contributed by atoms with E-state index >= 15 is 0 Å². The molecule has 26 heavy (non-hydrogen) atoms. The van der Waals surface area contributed by atoms with E-state index in [4.69, 9.17) is 19.5 Å². The van der Waals surface area contributed by atoms with Crippen LogP contribution in [0.1, 0.15) is 31.4 Å². The molecule has 1 N–H and O–H groups in total. The summed E-state index contributed by atoms with van der Waals surface area (Å²) in [5, 5.41) is 10.9. The number of hydrogen-bond donors (Lipinski definition) is 1. The zero-order chi connectivity index (χ0) is 18.9. The van der Waals surface area contributed by atoms with Crippen molar-refractivity contribution in [1.29, 1.82) is 5.26 Å². The van der Waals surface area contributed by atoms with E-state index in [2.05, 4.69) is 5.32 Å². The molecule has 1 aliphatic rings. The number of amides is 1. The average molecular weight is 358 g/mol. The van der Waals surface area contributed by atoms with E-state index in [-0.39, 0.29) is 19.1 Å². The van der Waals surface area contributed by atoms with Gasteiger partial charge in [-0.15, -0.1) is 0 Å². The summed E-state index contributed by atoms with van der Waals surface area (Å²) in [6.07, 6.45) is 3.96. The zero-order valence-electron chi connectivity index (χ0n) is 14.9. The van der Waals surface area contributed by atoms with Gasteiger partial charge >= 0.3 is 5.97 Å². The highest BCUT2D eigenvalue weighted by Crippen LogP contribution is 2.35. The second-order valence-electron chi connectivity index (χ2n) is 5.76. The summed E-state index contributed by atoms with van der Waals surface area (Å²) in [6, 6.07) is 5.67. The third-order valence-electron chi connectivity index (χ3n) is 3.63. The Bertz CT molecular complexity index is 736. The van der Waals surface area contributed by atoms with Crippen molar-refractivity contribution in [1.82, 2.24) is 5.32 Å². The first-order valence-electron chi connectivity index (χ1n) is 8.48. The van der Waals surface area contributed by atoms with Gasteiger partial charge in [-0.2, -0.15) is 5.26 Å². The first kappa shape index (κ1) is 19.3. The Morgan fingerprint density at radius 2 is 2.27 bits per heavy atom. The molecule has 138 valence electrons. The number of ether oxygens (including phenoxy) is 3. The van der Waals surface area contributed by atoms with Gasteiger partial charge in [0, 0.05) is 30.2 Å². The lowest BCUT2D eigenvalue weighted by atomic mass is 10.1. The van der Waals surface area contributed by atoms with Crippen LogP contribution in [0.25, 0.3) is 6.08 Å². The summed E-state index contributed by atoms with van der Waals surface area (Å²) in [6.45, 7) is 4.23. The molecular weight excluding hydrogens is 336 g/mol. The monoisotopic (exact) mass is 358 g/mol. The predicted octanol–water partition coefficient (Wildman–Crippen LogP) is 1.99. The standard InChI is InChI=1S/C19H22N2O5/c1-3-24-16-11-15-9-13(2)26-17(15)10-14(16)5-6-19(23)25-12-18(22)21-8-4-7-20/h5-6,10-11,13H,3-4,8-9,12H2,1-2H3,(H,21,22)/b6-5+/t13-/m1/s1. The first-order valence-corrected chi connectivity index (χ1v) is 8.48. The number of rotatable bonds is 8. The predicted molar refractivity (Wildman–Crippen MR) is 94.6 cm³/mol. The number of hydrogen-bond acceptors (Lipinski definition) is 6. The molecule has 7 nitrogen and oxygen atoms in total. The molecular formula is C19H22N2O5. The van der Waals surface area contributed by atoms with Gasteiger partial charge in [-0.05, 0) is 32.1 Å². The van der Waals surface area contributed by atoms with Crippen LogP contribution in [0.2, 0.25) is 0 Å².